The molecule has 0 aliphatic carbocycles. The number of rotatable bonds is 6. The quantitative estimate of drug-likeness (QED) is 0.490. The Morgan fingerprint density at radius 3 is 2.61 bits per heavy atom. The Kier molecular flexibility index (Phi) is 7.47. The SMILES string of the molecule is O=C(OCc1ccccc1)N1CC[C@@H](O)[C@H]([C@H](Nc2ccc(F)cc2)c2cccc(Cl)c2)C1. The minimum Gasteiger partial charge on any atom is -0.445 e. The number of benzene rings is 3. The summed E-state index contributed by atoms with van der Waals surface area (Å²) in [5.41, 5.74) is 2.49. The molecular formula is C26H26ClFN2O3. The van der Waals surface area contributed by atoms with Gasteiger partial charge in [-0.25, -0.2) is 9.18 Å². The van der Waals surface area contributed by atoms with E-state index in [4.69, 9.17) is 16.3 Å². The number of carbonyl (C=O) groups excluding carboxylic acids is 1. The molecule has 0 spiro atoms. The van der Waals surface area contributed by atoms with Crippen LogP contribution in [0.1, 0.15) is 23.6 Å². The van der Waals surface area contributed by atoms with Gasteiger partial charge in [-0.15, -0.1) is 0 Å². The highest BCUT2D eigenvalue weighted by atomic mass is 35.5. The van der Waals surface area contributed by atoms with Crippen molar-refractivity contribution in [1.82, 2.24) is 4.90 Å². The molecule has 0 saturated carbocycles. The van der Waals surface area contributed by atoms with E-state index in [1.807, 2.05) is 48.5 Å². The maximum absolute atomic E-state index is 13.4. The van der Waals surface area contributed by atoms with E-state index in [0.717, 1.165) is 11.1 Å². The van der Waals surface area contributed by atoms with Crippen molar-refractivity contribution in [3.8, 4) is 0 Å². The van der Waals surface area contributed by atoms with Gasteiger partial charge in [0.1, 0.15) is 12.4 Å². The molecule has 1 saturated heterocycles. The van der Waals surface area contributed by atoms with Crippen LogP contribution in [0, 0.1) is 11.7 Å². The van der Waals surface area contributed by atoms with Crippen LogP contribution in [0.3, 0.4) is 0 Å². The highest BCUT2D eigenvalue weighted by molar-refractivity contribution is 6.30. The van der Waals surface area contributed by atoms with E-state index in [0.29, 0.717) is 30.2 Å². The Morgan fingerprint density at radius 2 is 1.88 bits per heavy atom. The number of anilines is 1. The van der Waals surface area contributed by atoms with E-state index >= 15 is 0 Å². The summed E-state index contributed by atoms with van der Waals surface area (Å²) in [6.45, 7) is 0.902. The summed E-state index contributed by atoms with van der Waals surface area (Å²) in [6.07, 6.45) is -0.629. The van der Waals surface area contributed by atoms with E-state index in [2.05, 4.69) is 5.32 Å². The van der Waals surface area contributed by atoms with E-state index in [1.54, 1.807) is 23.1 Å². The van der Waals surface area contributed by atoms with E-state index in [1.165, 1.54) is 12.1 Å². The second-order valence-corrected chi connectivity index (χ2v) is 8.63. The summed E-state index contributed by atoms with van der Waals surface area (Å²) >= 11 is 6.24. The molecule has 0 bridgehead atoms. The number of aliphatic hydroxyl groups excluding tert-OH is 1. The minimum atomic E-state index is -0.639. The lowest BCUT2D eigenvalue weighted by molar-refractivity contribution is 0.0117. The molecule has 1 fully saturated rings. The van der Waals surface area contributed by atoms with Gasteiger partial charge in [0.2, 0.25) is 0 Å². The van der Waals surface area contributed by atoms with Gasteiger partial charge in [-0.1, -0.05) is 54.1 Å². The summed E-state index contributed by atoms with van der Waals surface area (Å²) in [6, 6.07) is 22.6. The van der Waals surface area contributed by atoms with Crippen molar-refractivity contribution < 1.29 is 19.0 Å². The third kappa shape index (κ3) is 6.03. The Morgan fingerprint density at radius 1 is 1.12 bits per heavy atom. The number of hydrogen-bond donors (Lipinski definition) is 2. The summed E-state index contributed by atoms with van der Waals surface area (Å²) in [7, 11) is 0. The maximum Gasteiger partial charge on any atom is 0.410 e. The fourth-order valence-electron chi connectivity index (χ4n) is 4.14. The highest BCUT2D eigenvalue weighted by Crippen LogP contribution is 2.34. The molecular weight excluding hydrogens is 443 g/mol. The third-order valence-electron chi connectivity index (χ3n) is 5.89. The lowest BCUT2D eigenvalue weighted by Crippen LogP contribution is -2.49. The number of carbonyl (C=O) groups is 1. The van der Waals surface area contributed by atoms with Crippen LogP contribution in [0.4, 0.5) is 14.9 Å². The lowest BCUT2D eigenvalue weighted by atomic mass is 9.84. The van der Waals surface area contributed by atoms with Crippen LogP contribution in [0.15, 0.2) is 78.9 Å². The number of piperidine rings is 1. The van der Waals surface area contributed by atoms with Crippen molar-refractivity contribution in [2.24, 2.45) is 5.92 Å². The molecule has 2 N–H and O–H groups in total. The van der Waals surface area contributed by atoms with Crippen LogP contribution in [-0.4, -0.2) is 35.3 Å². The van der Waals surface area contributed by atoms with Crippen molar-refractivity contribution in [1.29, 1.82) is 0 Å². The van der Waals surface area contributed by atoms with Crippen molar-refractivity contribution in [3.63, 3.8) is 0 Å². The smallest absolute Gasteiger partial charge is 0.410 e. The molecule has 172 valence electrons. The summed E-state index contributed by atoms with van der Waals surface area (Å²) < 4.78 is 18.9. The number of aliphatic hydroxyl groups is 1. The molecule has 1 heterocycles. The van der Waals surface area contributed by atoms with E-state index < -0.39 is 12.2 Å². The summed E-state index contributed by atoms with van der Waals surface area (Å²) in [5.74, 6) is -0.656. The Labute approximate surface area is 197 Å². The van der Waals surface area contributed by atoms with Gasteiger partial charge in [-0.3, -0.25) is 0 Å². The number of nitrogens with zero attached hydrogens (tertiary/aromatic N) is 1. The molecule has 33 heavy (non-hydrogen) atoms. The third-order valence-corrected chi connectivity index (χ3v) is 6.12. The van der Waals surface area contributed by atoms with Gasteiger partial charge in [-0.2, -0.15) is 0 Å². The highest BCUT2D eigenvalue weighted by Gasteiger charge is 2.37. The predicted octanol–water partition coefficient (Wildman–Crippen LogP) is 5.65. The molecule has 0 radical (unpaired) electrons. The largest absolute Gasteiger partial charge is 0.445 e. The topological polar surface area (TPSA) is 61.8 Å². The van der Waals surface area contributed by atoms with Gasteiger partial charge in [0, 0.05) is 29.7 Å². The number of hydrogen-bond acceptors (Lipinski definition) is 4. The first kappa shape index (κ1) is 23.1. The number of halogens is 2. The molecule has 0 unspecified atom stereocenters. The number of likely N-dealkylation sites (tertiary alicyclic amines) is 1. The first-order valence-electron chi connectivity index (χ1n) is 10.9. The first-order chi connectivity index (χ1) is 16.0. The lowest BCUT2D eigenvalue weighted by Gasteiger charge is -2.40. The standard InChI is InChI=1S/C26H26ClFN2O3/c27-20-8-4-7-19(15-20)25(29-22-11-9-21(28)10-12-22)23-16-30(14-13-24(23)31)26(32)33-17-18-5-2-1-3-6-18/h1-12,15,23-25,29,31H,13-14,16-17H2/t23-,24-,25-/m1/s1. The summed E-state index contributed by atoms with van der Waals surface area (Å²) in [5, 5.41) is 14.9. The second kappa shape index (κ2) is 10.7. The van der Waals surface area contributed by atoms with Gasteiger partial charge in [0.15, 0.2) is 0 Å². The van der Waals surface area contributed by atoms with Crippen LogP contribution in [0.25, 0.3) is 0 Å². The number of amides is 1. The van der Waals surface area contributed by atoms with Crippen molar-refractivity contribution in [2.75, 3.05) is 18.4 Å². The molecule has 1 aliphatic rings. The van der Waals surface area contributed by atoms with Crippen molar-refractivity contribution in [2.45, 2.75) is 25.2 Å². The van der Waals surface area contributed by atoms with Gasteiger partial charge in [0.25, 0.3) is 0 Å². The fourth-order valence-corrected chi connectivity index (χ4v) is 4.34. The van der Waals surface area contributed by atoms with Crippen LogP contribution < -0.4 is 5.32 Å². The average Bonchev–Trinajstić information content (AvgIpc) is 2.83. The van der Waals surface area contributed by atoms with Crippen molar-refractivity contribution in [3.05, 3.63) is 101 Å². The molecule has 7 heteroatoms. The number of nitrogens with one attached hydrogen (secondary N) is 1. The molecule has 5 nitrogen and oxygen atoms in total. The van der Waals surface area contributed by atoms with Crippen LogP contribution in [0.2, 0.25) is 5.02 Å². The Hall–Kier alpha value is -3.09. The molecule has 4 rings (SSSR count). The molecule has 3 atom stereocenters. The van der Waals surface area contributed by atoms with Crippen LogP contribution in [0.5, 0.6) is 0 Å². The normalized spacial score (nSPS) is 19.1. The van der Waals surface area contributed by atoms with Crippen LogP contribution in [-0.2, 0) is 11.3 Å². The predicted molar refractivity (Wildman–Crippen MR) is 127 cm³/mol. The summed E-state index contributed by atoms with van der Waals surface area (Å²) in [4.78, 5) is 14.4. The van der Waals surface area contributed by atoms with E-state index in [9.17, 15) is 14.3 Å². The molecule has 3 aromatic carbocycles. The van der Waals surface area contributed by atoms with Gasteiger partial charge in [0.05, 0.1) is 12.1 Å². The average molecular weight is 469 g/mol. The maximum atomic E-state index is 13.4. The zero-order valence-electron chi connectivity index (χ0n) is 18.0. The minimum absolute atomic E-state index is 0.189. The fraction of sp³-hybridized carbons (Fsp3) is 0.269. The monoisotopic (exact) mass is 468 g/mol. The van der Waals surface area contributed by atoms with Crippen LogP contribution >= 0.6 is 11.6 Å². The van der Waals surface area contributed by atoms with E-state index in [-0.39, 0.29) is 24.4 Å². The van der Waals surface area contributed by atoms with Gasteiger partial charge >= 0.3 is 6.09 Å². The van der Waals surface area contributed by atoms with Crippen molar-refractivity contribution >= 4 is 23.4 Å². The zero-order valence-corrected chi connectivity index (χ0v) is 18.8. The Bertz CT molecular complexity index is 1060. The van der Waals surface area contributed by atoms with Gasteiger partial charge < -0.3 is 20.1 Å². The molecule has 0 aromatic heterocycles. The molecule has 1 aliphatic heterocycles. The second-order valence-electron chi connectivity index (χ2n) is 8.19. The van der Waals surface area contributed by atoms with Gasteiger partial charge in [-0.05, 0) is 53.9 Å². The number of ether oxygens (including phenoxy) is 1. The zero-order chi connectivity index (χ0) is 23.2. The molecule has 3 aromatic rings. The molecule has 1 amide bonds. The first-order valence-corrected chi connectivity index (χ1v) is 11.3. The Balaban J connectivity index is 1.52.